The summed E-state index contributed by atoms with van der Waals surface area (Å²) in [5.74, 6) is 1.12. The lowest BCUT2D eigenvalue weighted by molar-refractivity contribution is -0.712. The molecule has 0 radical (unpaired) electrons. The minimum Gasteiger partial charge on any atom is -0.493 e. The van der Waals surface area contributed by atoms with Crippen LogP contribution >= 0.6 is 0 Å². The molecule has 2 atom stereocenters. The lowest BCUT2D eigenvalue weighted by Gasteiger charge is -2.28. The second kappa shape index (κ2) is 6.96. The molecular weight excluding hydrogens is 344 g/mol. The van der Waals surface area contributed by atoms with Crippen molar-refractivity contribution in [1.29, 1.82) is 0 Å². The molecule has 6 nitrogen and oxygen atoms in total. The first-order chi connectivity index (χ1) is 13.2. The van der Waals surface area contributed by atoms with Gasteiger partial charge in [-0.2, -0.15) is 0 Å². The van der Waals surface area contributed by atoms with Gasteiger partial charge in [0.15, 0.2) is 23.6 Å². The number of aromatic nitrogens is 1. The highest BCUT2D eigenvalue weighted by Crippen LogP contribution is 2.39. The van der Waals surface area contributed by atoms with Crippen molar-refractivity contribution in [3.05, 3.63) is 59.3 Å². The topological polar surface area (TPSA) is 77.2 Å². The van der Waals surface area contributed by atoms with Crippen LogP contribution in [0, 0.1) is 0 Å². The summed E-state index contributed by atoms with van der Waals surface area (Å²) in [5.41, 5.74) is 4.26. The van der Waals surface area contributed by atoms with Crippen molar-refractivity contribution in [3.63, 3.8) is 0 Å². The van der Waals surface area contributed by atoms with Gasteiger partial charge >= 0.3 is 5.97 Å². The van der Waals surface area contributed by atoms with Crippen LogP contribution in [0.25, 0.3) is 10.9 Å². The first-order valence-corrected chi connectivity index (χ1v) is 8.91. The van der Waals surface area contributed by atoms with Crippen LogP contribution in [0.4, 0.5) is 0 Å². The van der Waals surface area contributed by atoms with Gasteiger partial charge in [-0.1, -0.05) is 24.3 Å². The Morgan fingerprint density at radius 1 is 1.07 bits per heavy atom. The molecule has 0 amide bonds. The molecule has 0 aliphatic carbocycles. The van der Waals surface area contributed by atoms with Crippen molar-refractivity contribution in [1.82, 2.24) is 4.98 Å². The molecule has 0 spiro atoms. The van der Waals surface area contributed by atoms with E-state index in [0.717, 1.165) is 27.7 Å². The van der Waals surface area contributed by atoms with Gasteiger partial charge in [0.1, 0.15) is 0 Å². The Bertz CT molecular complexity index is 995. The van der Waals surface area contributed by atoms with E-state index in [2.05, 4.69) is 17.1 Å². The van der Waals surface area contributed by atoms with E-state index >= 15 is 0 Å². The summed E-state index contributed by atoms with van der Waals surface area (Å²) in [7, 11) is 4.69. The number of para-hydroxylation sites is 2. The van der Waals surface area contributed by atoms with Crippen molar-refractivity contribution in [3.8, 4) is 11.5 Å². The highest BCUT2D eigenvalue weighted by molar-refractivity contribution is 5.86. The van der Waals surface area contributed by atoms with E-state index in [1.807, 2.05) is 35.6 Å². The Balaban J connectivity index is 1.92. The van der Waals surface area contributed by atoms with Crippen LogP contribution in [0.15, 0.2) is 42.5 Å². The molecule has 140 valence electrons. The average molecular weight is 367 g/mol. The lowest BCUT2D eigenvalue weighted by Crippen LogP contribution is -2.94. The van der Waals surface area contributed by atoms with Crippen molar-refractivity contribution in [2.75, 3.05) is 21.3 Å². The van der Waals surface area contributed by atoms with Crippen LogP contribution < -0.4 is 14.8 Å². The number of carbonyl (C=O) groups is 1. The molecule has 27 heavy (non-hydrogen) atoms. The zero-order chi connectivity index (χ0) is 19.0. The number of nitrogens with one attached hydrogen (secondary N) is 1. The summed E-state index contributed by atoms with van der Waals surface area (Å²) >= 11 is 0. The predicted octanol–water partition coefficient (Wildman–Crippen LogP) is 1.94. The highest BCUT2D eigenvalue weighted by Gasteiger charge is 2.39. The summed E-state index contributed by atoms with van der Waals surface area (Å²) < 4.78 is 16.2. The predicted molar refractivity (Wildman–Crippen MR) is 101 cm³/mol. The molecule has 0 fully saturated rings. The highest BCUT2D eigenvalue weighted by atomic mass is 16.5. The molecular formula is C21H23N2O4+. The maximum absolute atomic E-state index is 12.4. The molecule has 3 aromatic rings. The van der Waals surface area contributed by atoms with Gasteiger partial charge in [0.25, 0.3) is 0 Å². The number of carbonyl (C=O) groups excluding carboxylic acids is 1. The van der Waals surface area contributed by atoms with Gasteiger partial charge in [0.2, 0.25) is 0 Å². The van der Waals surface area contributed by atoms with E-state index in [9.17, 15) is 4.79 Å². The zero-order valence-electron chi connectivity index (χ0n) is 15.6. The van der Waals surface area contributed by atoms with Gasteiger partial charge < -0.3 is 24.5 Å². The summed E-state index contributed by atoms with van der Waals surface area (Å²) in [4.78, 5) is 15.9. The number of hydrogen-bond donors (Lipinski definition) is 2. The van der Waals surface area contributed by atoms with Gasteiger partial charge in [-0.25, -0.2) is 4.79 Å². The largest absolute Gasteiger partial charge is 0.493 e. The number of benzene rings is 2. The third-order valence-electron chi connectivity index (χ3n) is 5.28. The minimum atomic E-state index is -0.317. The number of H-pyrrole nitrogens is 1. The molecule has 0 bridgehead atoms. The van der Waals surface area contributed by atoms with E-state index in [-0.39, 0.29) is 18.1 Å². The number of quaternary nitrogens is 1. The normalized spacial score (nSPS) is 18.8. The number of nitrogens with two attached hydrogens (primary N) is 1. The maximum atomic E-state index is 12.4. The molecule has 1 aliphatic rings. The average Bonchev–Trinajstić information content (AvgIpc) is 3.10. The fraction of sp³-hybridized carbons (Fsp3) is 0.286. The SMILES string of the molecule is COC(=O)C1Cc2c([nH]c3ccccc23)C(c2cccc(OC)c2OC)[NH2+]1. The summed E-state index contributed by atoms with van der Waals surface area (Å²) in [6.45, 7) is 0. The monoisotopic (exact) mass is 367 g/mol. The van der Waals surface area contributed by atoms with Crippen LogP contribution in [-0.2, 0) is 16.0 Å². The third-order valence-corrected chi connectivity index (χ3v) is 5.28. The Labute approximate surface area is 157 Å². The minimum absolute atomic E-state index is 0.129. The molecule has 0 saturated heterocycles. The van der Waals surface area contributed by atoms with Gasteiger partial charge in [-0.15, -0.1) is 0 Å². The Kier molecular flexibility index (Phi) is 4.49. The first kappa shape index (κ1) is 17.4. The van der Waals surface area contributed by atoms with E-state index in [4.69, 9.17) is 14.2 Å². The second-order valence-electron chi connectivity index (χ2n) is 6.65. The molecule has 4 rings (SSSR count). The fourth-order valence-electron chi connectivity index (χ4n) is 4.05. The molecule has 2 unspecified atom stereocenters. The number of fused-ring (bicyclic) bond motifs is 3. The standard InChI is InChI=1S/C21H22N2O4/c1-25-17-10-6-8-13(20(17)26-2)18-19-14(11-16(23-18)21(24)27-3)12-7-4-5-9-15(12)22-19/h4-10,16,18,22-23H,11H2,1-3H3/p+1. The molecule has 1 aliphatic heterocycles. The van der Waals surface area contributed by atoms with E-state index in [1.165, 1.54) is 7.11 Å². The molecule has 1 aromatic heterocycles. The molecule has 0 saturated carbocycles. The van der Waals surface area contributed by atoms with Crippen molar-refractivity contribution >= 4 is 16.9 Å². The van der Waals surface area contributed by atoms with Crippen molar-refractivity contribution < 1.29 is 24.3 Å². The number of aromatic amines is 1. The molecule has 6 heteroatoms. The molecule has 2 heterocycles. The number of esters is 1. The Morgan fingerprint density at radius 3 is 2.63 bits per heavy atom. The lowest BCUT2D eigenvalue weighted by atomic mass is 9.90. The first-order valence-electron chi connectivity index (χ1n) is 8.91. The van der Waals surface area contributed by atoms with Crippen LogP contribution in [0.3, 0.4) is 0 Å². The van der Waals surface area contributed by atoms with Crippen molar-refractivity contribution in [2.45, 2.75) is 18.5 Å². The number of rotatable bonds is 4. The molecule has 3 N–H and O–H groups in total. The van der Waals surface area contributed by atoms with Crippen LogP contribution in [0.2, 0.25) is 0 Å². The van der Waals surface area contributed by atoms with Gasteiger partial charge in [-0.3, -0.25) is 0 Å². The van der Waals surface area contributed by atoms with Gasteiger partial charge in [0.05, 0.1) is 32.6 Å². The Morgan fingerprint density at radius 2 is 1.89 bits per heavy atom. The fourth-order valence-corrected chi connectivity index (χ4v) is 4.05. The van der Waals surface area contributed by atoms with Crippen LogP contribution in [-0.4, -0.2) is 38.3 Å². The quantitative estimate of drug-likeness (QED) is 0.691. The third kappa shape index (κ3) is 2.82. The Hall–Kier alpha value is -2.99. The van der Waals surface area contributed by atoms with Crippen LogP contribution in [0.1, 0.15) is 22.9 Å². The summed E-state index contributed by atoms with van der Waals surface area (Å²) in [5, 5.41) is 3.18. The second-order valence-corrected chi connectivity index (χ2v) is 6.65. The van der Waals surface area contributed by atoms with E-state index in [1.54, 1.807) is 14.2 Å². The van der Waals surface area contributed by atoms with E-state index in [0.29, 0.717) is 17.9 Å². The molecule has 2 aromatic carbocycles. The smallest absolute Gasteiger partial charge is 0.364 e. The summed E-state index contributed by atoms with van der Waals surface area (Å²) in [6.07, 6.45) is 0.620. The van der Waals surface area contributed by atoms with E-state index < -0.39 is 0 Å². The number of methoxy groups -OCH3 is 3. The number of ether oxygens (including phenoxy) is 3. The maximum Gasteiger partial charge on any atom is 0.364 e. The van der Waals surface area contributed by atoms with Crippen molar-refractivity contribution in [2.24, 2.45) is 0 Å². The van der Waals surface area contributed by atoms with Gasteiger partial charge in [0, 0.05) is 17.3 Å². The number of hydrogen-bond acceptors (Lipinski definition) is 4. The van der Waals surface area contributed by atoms with Crippen LogP contribution in [0.5, 0.6) is 11.5 Å². The van der Waals surface area contributed by atoms with Gasteiger partial charge in [-0.05, 0) is 23.8 Å². The summed E-state index contributed by atoms with van der Waals surface area (Å²) in [6, 6.07) is 13.5. The zero-order valence-corrected chi connectivity index (χ0v) is 15.6.